The topological polar surface area (TPSA) is 29.5 Å². The van der Waals surface area contributed by atoms with Gasteiger partial charge in [-0.1, -0.05) is 12.8 Å². The number of rotatable bonds is 0. The number of carbonyl (C=O) groups is 1. The maximum atomic E-state index is 12.2. The van der Waals surface area contributed by atoms with Gasteiger partial charge in [0, 0.05) is 17.3 Å². The zero-order valence-corrected chi connectivity index (χ0v) is 11.9. The lowest BCUT2D eigenvalue weighted by Gasteiger charge is -2.36. The molecule has 3 nitrogen and oxygen atoms in total. The third-order valence-electron chi connectivity index (χ3n) is 3.73. The highest BCUT2D eigenvalue weighted by atomic mass is 32.1. The first-order valence-corrected chi connectivity index (χ1v) is 7.03. The number of nitrogens with zero attached hydrogens (tertiary/aromatic N) is 1. The Bertz CT molecular complexity index is 305. The van der Waals surface area contributed by atoms with Crippen molar-refractivity contribution in [1.29, 1.82) is 0 Å². The first kappa shape index (κ1) is 13.1. The van der Waals surface area contributed by atoms with Crippen molar-refractivity contribution < 1.29 is 9.53 Å². The molecule has 1 atom stereocenters. The standard InChI is InChI=1S/C13H23NO2S/c1-12(2,3)16-11(15)14-9-10(17)8-13(14)6-4-5-7-13/h10,17H,4-9H2,1-3H3. The normalized spacial score (nSPS) is 27.8. The summed E-state index contributed by atoms with van der Waals surface area (Å²) in [5.41, 5.74) is -0.361. The van der Waals surface area contributed by atoms with Crippen LogP contribution >= 0.6 is 12.6 Å². The molecule has 2 fully saturated rings. The fourth-order valence-electron chi connectivity index (χ4n) is 3.11. The van der Waals surface area contributed by atoms with E-state index in [1.807, 2.05) is 25.7 Å². The van der Waals surface area contributed by atoms with Gasteiger partial charge in [0.1, 0.15) is 5.60 Å². The number of carbonyl (C=O) groups excluding carboxylic acids is 1. The monoisotopic (exact) mass is 257 g/mol. The maximum Gasteiger partial charge on any atom is 0.410 e. The second kappa shape index (κ2) is 4.38. The number of hydrogen-bond acceptors (Lipinski definition) is 3. The molecule has 0 N–H and O–H groups in total. The van der Waals surface area contributed by atoms with Crippen molar-refractivity contribution in [2.75, 3.05) is 6.54 Å². The lowest BCUT2D eigenvalue weighted by molar-refractivity contribution is 0.00883. The molecule has 1 spiro atoms. The van der Waals surface area contributed by atoms with E-state index in [4.69, 9.17) is 4.74 Å². The average Bonchev–Trinajstić information content (AvgIpc) is 2.72. The molecule has 98 valence electrons. The fraction of sp³-hybridized carbons (Fsp3) is 0.923. The van der Waals surface area contributed by atoms with E-state index in [1.54, 1.807) is 0 Å². The Morgan fingerprint density at radius 2 is 1.94 bits per heavy atom. The van der Waals surface area contributed by atoms with E-state index in [1.165, 1.54) is 12.8 Å². The molecule has 0 aromatic heterocycles. The van der Waals surface area contributed by atoms with E-state index in [0.717, 1.165) is 25.8 Å². The Hall–Kier alpha value is -0.380. The molecule has 1 saturated heterocycles. The summed E-state index contributed by atoms with van der Waals surface area (Å²) in [4.78, 5) is 14.2. The van der Waals surface area contributed by atoms with E-state index in [2.05, 4.69) is 12.6 Å². The second-order valence-electron chi connectivity index (χ2n) is 6.38. The van der Waals surface area contributed by atoms with Crippen molar-refractivity contribution in [3.63, 3.8) is 0 Å². The van der Waals surface area contributed by atoms with Crippen LogP contribution in [0.5, 0.6) is 0 Å². The molecule has 1 unspecified atom stereocenters. The molecule has 0 bridgehead atoms. The van der Waals surface area contributed by atoms with E-state index in [0.29, 0.717) is 5.25 Å². The van der Waals surface area contributed by atoms with Crippen LogP contribution in [0.3, 0.4) is 0 Å². The molecule has 1 heterocycles. The molecule has 17 heavy (non-hydrogen) atoms. The Balaban J connectivity index is 2.10. The summed E-state index contributed by atoms with van der Waals surface area (Å²) >= 11 is 4.56. The van der Waals surface area contributed by atoms with Crippen LogP contribution in [0.1, 0.15) is 52.9 Å². The third-order valence-corrected chi connectivity index (χ3v) is 4.08. The highest BCUT2D eigenvalue weighted by Gasteiger charge is 2.49. The Kier molecular flexibility index (Phi) is 3.36. The van der Waals surface area contributed by atoms with Gasteiger partial charge < -0.3 is 9.64 Å². The molecule has 1 aliphatic heterocycles. The lowest BCUT2D eigenvalue weighted by atomic mass is 9.94. The molecule has 0 radical (unpaired) electrons. The summed E-state index contributed by atoms with van der Waals surface area (Å²) in [5.74, 6) is 0. The quantitative estimate of drug-likeness (QED) is 0.675. The summed E-state index contributed by atoms with van der Waals surface area (Å²) in [5, 5.41) is 0.306. The predicted octanol–water partition coefficient (Wildman–Crippen LogP) is 3.24. The average molecular weight is 257 g/mol. The summed E-state index contributed by atoms with van der Waals surface area (Å²) in [6.45, 7) is 6.49. The maximum absolute atomic E-state index is 12.2. The van der Waals surface area contributed by atoms with E-state index in [9.17, 15) is 4.79 Å². The van der Waals surface area contributed by atoms with Gasteiger partial charge in [-0.25, -0.2) is 4.79 Å². The predicted molar refractivity (Wildman–Crippen MR) is 71.5 cm³/mol. The number of hydrogen-bond donors (Lipinski definition) is 1. The van der Waals surface area contributed by atoms with Crippen molar-refractivity contribution >= 4 is 18.7 Å². The van der Waals surface area contributed by atoms with Gasteiger partial charge in [0.2, 0.25) is 0 Å². The summed E-state index contributed by atoms with van der Waals surface area (Å²) in [7, 11) is 0. The van der Waals surface area contributed by atoms with E-state index < -0.39 is 5.60 Å². The molecule has 1 saturated carbocycles. The highest BCUT2D eigenvalue weighted by molar-refractivity contribution is 7.81. The first-order chi connectivity index (χ1) is 7.82. The molecule has 2 rings (SSSR count). The number of ether oxygens (including phenoxy) is 1. The first-order valence-electron chi connectivity index (χ1n) is 6.51. The van der Waals surface area contributed by atoms with E-state index in [-0.39, 0.29) is 11.6 Å². The van der Waals surface area contributed by atoms with Gasteiger partial charge in [0.05, 0.1) is 0 Å². The van der Waals surface area contributed by atoms with Crippen LogP contribution in [0.25, 0.3) is 0 Å². The zero-order chi connectivity index (χ0) is 12.7. The van der Waals surface area contributed by atoms with Crippen LogP contribution in [-0.4, -0.2) is 33.9 Å². The minimum atomic E-state index is -0.411. The molecule has 4 heteroatoms. The summed E-state index contributed by atoms with van der Waals surface area (Å²) < 4.78 is 5.51. The summed E-state index contributed by atoms with van der Waals surface area (Å²) in [6.07, 6.45) is 5.54. The van der Waals surface area contributed by atoms with Gasteiger partial charge in [0.25, 0.3) is 0 Å². The van der Waals surface area contributed by atoms with Gasteiger partial charge in [-0.05, 0) is 40.0 Å². The molecule has 0 aromatic carbocycles. The smallest absolute Gasteiger partial charge is 0.410 e. The number of likely N-dealkylation sites (tertiary alicyclic amines) is 1. The van der Waals surface area contributed by atoms with Crippen molar-refractivity contribution in [3.05, 3.63) is 0 Å². The SMILES string of the molecule is CC(C)(C)OC(=O)N1CC(S)CC12CCCC2. The second-order valence-corrected chi connectivity index (χ2v) is 7.11. The summed E-state index contributed by atoms with van der Waals surface area (Å²) in [6, 6.07) is 0. The minimum Gasteiger partial charge on any atom is -0.444 e. The molecular weight excluding hydrogens is 234 g/mol. The number of amides is 1. The Morgan fingerprint density at radius 3 is 2.47 bits per heavy atom. The third kappa shape index (κ3) is 2.72. The van der Waals surface area contributed by atoms with Crippen LogP contribution in [0.2, 0.25) is 0 Å². The van der Waals surface area contributed by atoms with Crippen LogP contribution in [0, 0.1) is 0 Å². The highest BCUT2D eigenvalue weighted by Crippen LogP contribution is 2.44. The Morgan fingerprint density at radius 1 is 1.35 bits per heavy atom. The minimum absolute atomic E-state index is 0.0503. The largest absolute Gasteiger partial charge is 0.444 e. The molecular formula is C13H23NO2S. The van der Waals surface area contributed by atoms with Gasteiger partial charge in [-0.15, -0.1) is 0 Å². The van der Waals surface area contributed by atoms with Gasteiger partial charge in [-0.3, -0.25) is 0 Å². The number of thiol groups is 1. The van der Waals surface area contributed by atoms with Crippen LogP contribution in [0.15, 0.2) is 0 Å². The van der Waals surface area contributed by atoms with Gasteiger partial charge in [0.15, 0.2) is 0 Å². The van der Waals surface area contributed by atoms with Crippen LogP contribution < -0.4 is 0 Å². The van der Waals surface area contributed by atoms with E-state index >= 15 is 0 Å². The van der Waals surface area contributed by atoms with Crippen molar-refractivity contribution in [2.45, 2.75) is 69.3 Å². The molecule has 1 amide bonds. The van der Waals surface area contributed by atoms with Gasteiger partial charge in [-0.2, -0.15) is 12.6 Å². The van der Waals surface area contributed by atoms with Crippen LogP contribution in [0.4, 0.5) is 4.79 Å². The van der Waals surface area contributed by atoms with Crippen LogP contribution in [-0.2, 0) is 4.74 Å². The molecule has 2 aliphatic rings. The lowest BCUT2D eigenvalue weighted by Crippen LogP contribution is -2.47. The fourth-order valence-corrected chi connectivity index (χ4v) is 3.61. The van der Waals surface area contributed by atoms with Crippen molar-refractivity contribution in [2.24, 2.45) is 0 Å². The van der Waals surface area contributed by atoms with Crippen molar-refractivity contribution in [1.82, 2.24) is 4.90 Å². The van der Waals surface area contributed by atoms with Gasteiger partial charge >= 0.3 is 6.09 Å². The van der Waals surface area contributed by atoms with Crippen molar-refractivity contribution in [3.8, 4) is 0 Å². The zero-order valence-electron chi connectivity index (χ0n) is 11.0. The molecule has 1 aliphatic carbocycles. The molecule has 0 aromatic rings. The Labute approximate surface area is 109 Å².